The highest BCUT2D eigenvalue weighted by Crippen LogP contribution is 2.31. The summed E-state index contributed by atoms with van der Waals surface area (Å²) in [6.07, 6.45) is 0.739. The number of fused-ring (bicyclic) bond motifs is 1. The molecule has 2 aliphatic heterocycles. The summed E-state index contributed by atoms with van der Waals surface area (Å²) in [5.74, 6) is 1.23. The largest absolute Gasteiger partial charge is 0.493 e. The van der Waals surface area contributed by atoms with Gasteiger partial charge in [0.2, 0.25) is 5.95 Å². The van der Waals surface area contributed by atoms with Crippen molar-refractivity contribution in [2.75, 3.05) is 37.8 Å². The average Bonchev–Trinajstić information content (AvgIpc) is 2.68. The molecule has 1 amide bonds. The highest BCUT2D eigenvalue weighted by Gasteiger charge is 2.24. The van der Waals surface area contributed by atoms with Crippen LogP contribution in [0, 0.1) is 6.92 Å². The maximum atomic E-state index is 12.8. The zero-order chi connectivity index (χ0) is 17.9. The topological polar surface area (TPSA) is 76.6 Å². The SMILES string of the molecule is Cc1cc(C(=O)N[C@@H]2CCOc3ccccc32)nc(N2CCOCC2)n1. The summed E-state index contributed by atoms with van der Waals surface area (Å²) in [6, 6.07) is 9.46. The molecule has 1 N–H and O–H groups in total. The molecule has 7 nitrogen and oxygen atoms in total. The molecule has 1 atom stereocenters. The molecule has 0 unspecified atom stereocenters. The first-order valence-electron chi connectivity index (χ1n) is 8.92. The quantitative estimate of drug-likeness (QED) is 0.907. The number of rotatable bonds is 3. The van der Waals surface area contributed by atoms with E-state index in [1.807, 2.05) is 31.2 Å². The van der Waals surface area contributed by atoms with Gasteiger partial charge < -0.3 is 19.7 Å². The third-order valence-corrected chi connectivity index (χ3v) is 4.63. The lowest BCUT2D eigenvalue weighted by Crippen LogP contribution is -2.38. The van der Waals surface area contributed by atoms with Crippen molar-refractivity contribution in [1.82, 2.24) is 15.3 Å². The fraction of sp³-hybridized carbons (Fsp3) is 0.421. The minimum Gasteiger partial charge on any atom is -0.493 e. The Balaban J connectivity index is 1.54. The van der Waals surface area contributed by atoms with Crippen LogP contribution in [0.2, 0.25) is 0 Å². The second-order valence-corrected chi connectivity index (χ2v) is 6.49. The lowest BCUT2D eigenvalue weighted by molar-refractivity contribution is 0.0919. The predicted octanol–water partition coefficient (Wildman–Crippen LogP) is 1.88. The average molecular weight is 354 g/mol. The van der Waals surface area contributed by atoms with Gasteiger partial charge in [-0.05, 0) is 19.1 Å². The fourth-order valence-corrected chi connectivity index (χ4v) is 3.30. The van der Waals surface area contributed by atoms with Gasteiger partial charge in [0.15, 0.2) is 0 Å². The molecule has 0 bridgehead atoms. The second kappa shape index (κ2) is 7.29. The molecule has 3 heterocycles. The van der Waals surface area contributed by atoms with Crippen molar-refractivity contribution in [3.05, 3.63) is 47.3 Å². The Morgan fingerprint density at radius 1 is 1.19 bits per heavy atom. The van der Waals surface area contributed by atoms with E-state index in [1.165, 1.54) is 0 Å². The molecule has 1 fully saturated rings. The van der Waals surface area contributed by atoms with E-state index >= 15 is 0 Å². The number of hydrogen-bond acceptors (Lipinski definition) is 6. The lowest BCUT2D eigenvalue weighted by Gasteiger charge is -2.28. The highest BCUT2D eigenvalue weighted by atomic mass is 16.5. The summed E-state index contributed by atoms with van der Waals surface area (Å²) >= 11 is 0. The smallest absolute Gasteiger partial charge is 0.270 e. The number of carbonyl (C=O) groups excluding carboxylic acids is 1. The van der Waals surface area contributed by atoms with Gasteiger partial charge >= 0.3 is 0 Å². The molecule has 7 heteroatoms. The number of carbonyl (C=O) groups is 1. The van der Waals surface area contributed by atoms with E-state index in [0.717, 1.165) is 36.5 Å². The van der Waals surface area contributed by atoms with Crippen LogP contribution in [0.5, 0.6) is 5.75 Å². The monoisotopic (exact) mass is 354 g/mol. The van der Waals surface area contributed by atoms with E-state index in [0.29, 0.717) is 31.5 Å². The Bertz CT molecular complexity index is 805. The Kier molecular flexibility index (Phi) is 4.71. The number of ether oxygens (including phenoxy) is 2. The van der Waals surface area contributed by atoms with Gasteiger partial charge in [-0.3, -0.25) is 4.79 Å². The normalized spacial score (nSPS) is 19.4. The summed E-state index contributed by atoms with van der Waals surface area (Å²) in [7, 11) is 0. The van der Waals surface area contributed by atoms with Crippen molar-refractivity contribution in [1.29, 1.82) is 0 Å². The predicted molar refractivity (Wildman–Crippen MR) is 96.6 cm³/mol. The number of para-hydroxylation sites is 1. The van der Waals surface area contributed by atoms with Gasteiger partial charge in [-0.15, -0.1) is 0 Å². The molecule has 1 aromatic carbocycles. The first kappa shape index (κ1) is 16.8. The molecule has 26 heavy (non-hydrogen) atoms. The van der Waals surface area contributed by atoms with Crippen LogP contribution in [0.1, 0.15) is 34.2 Å². The van der Waals surface area contributed by atoms with Crippen molar-refractivity contribution in [2.24, 2.45) is 0 Å². The van der Waals surface area contributed by atoms with E-state index < -0.39 is 0 Å². The van der Waals surface area contributed by atoms with Crippen LogP contribution in [0.15, 0.2) is 30.3 Å². The number of hydrogen-bond donors (Lipinski definition) is 1. The maximum absolute atomic E-state index is 12.8. The Labute approximate surface area is 152 Å². The fourth-order valence-electron chi connectivity index (χ4n) is 3.30. The van der Waals surface area contributed by atoms with E-state index in [9.17, 15) is 4.79 Å². The van der Waals surface area contributed by atoms with Crippen molar-refractivity contribution in [3.8, 4) is 5.75 Å². The minimum atomic E-state index is -0.188. The molecule has 136 valence electrons. The third kappa shape index (κ3) is 3.48. The Morgan fingerprint density at radius 3 is 2.85 bits per heavy atom. The van der Waals surface area contributed by atoms with Gasteiger partial charge in [-0.1, -0.05) is 18.2 Å². The summed E-state index contributed by atoms with van der Waals surface area (Å²) < 4.78 is 11.0. The van der Waals surface area contributed by atoms with Crippen LogP contribution in [0.3, 0.4) is 0 Å². The zero-order valence-corrected chi connectivity index (χ0v) is 14.8. The van der Waals surface area contributed by atoms with Crippen LogP contribution in [-0.2, 0) is 4.74 Å². The van der Waals surface area contributed by atoms with Gasteiger partial charge in [0, 0.05) is 30.8 Å². The van der Waals surface area contributed by atoms with Crippen molar-refractivity contribution < 1.29 is 14.3 Å². The Morgan fingerprint density at radius 2 is 2.00 bits per heavy atom. The number of nitrogens with one attached hydrogen (secondary N) is 1. The van der Waals surface area contributed by atoms with Gasteiger partial charge in [-0.2, -0.15) is 0 Å². The number of aryl methyl sites for hydroxylation is 1. The molecule has 2 aromatic rings. The Hall–Kier alpha value is -2.67. The minimum absolute atomic E-state index is 0.0745. The van der Waals surface area contributed by atoms with Crippen molar-refractivity contribution in [2.45, 2.75) is 19.4 Å². The molecule has 2 aliphatic rings. The molecular weight excluding hydrogens is 332 g/mol. The molecule has 0 saturated carbocycles. The first-order valence-corrected chi connectivity index (χ1v) is 8.92. The van der Waals surface area contributed by atoms with Crippen molar-refractivity contribution in [3.63, 3.8) is 0 Å². The zero-order valence-electron chi connectivity index (χ0n) is 14.8. The van der Waals surface area contributed by atoms with E-state index in [-0.39, 0.29) is 11.9 Å². The van der Waals surface area contributed by atoms with Crippen LogP contribution in [0.4, 0.5) is 5.95 Å². The molecule has 1 saturated heterocycles. The highest BCUT2D eigenvalue weighted by molar-refractivity contribution is 5.93. The van der Waals surface area contributed by atoms with E-state index in [1.54, 1.807) is 6.07 Å². The summed E-state index contributed by atoms with van der Waals surface area (Å²) in [4.78, 5) is 23.9. The number of amides is 1. The van der Waals surface area contributed by atoms with Gasteiger partial charge in [0.1, 0.15) is 11.4 Å². The number of nitrogens with zero attached hydrogens (tertiary/aromatic N) is 3. The van der Waals surface area contributed by atoms with Gasteiger partial charge in [0.25, 0.3) is 5.91 Å². The van der Waals surface area contributed by atoms with Crippen molar-refractivity contribution >= 4 is 11.9 Å². The standard InChI is InChI=1S/C19H22N4O3/c1-13-12-16(22-19(20-13)23-7-10-25-11-8-23)18(24)21-15-6-9-26-17-5-3-2-4-14(15)17/h2-5,12,15H,6-11H2,1H3,(H,21,24)/t15-/m1/s1. The number of morpholine rings is 1. The van der Waals surface area contributed by atoms with Crippen LogP contribution in [0.25, 0.3) is 0 Å². The molecule has 0 spiro atoms. The number of benzene rings is 1. The van der Waals surface area contributed by atoms with Crippen LogP contribution < -0.4 is 15.0 Å². The molecule has 0 aliphatic carbocycles. The molecule has 4 rings (SSSR count). The van der Waals surface area contributed by atoms with E-state index in [4.69, 9.17) is 9.47 Å². The molecular formula is C19H22N4O3. The summed E-state index contributed by atoms with van der Waals surface area (Å²) in [5, 5.41) is 3.10. The number of anilines is 1. The molecule has 1 aromatic heterocycles. The lowest BCUT2D eigenvalue weighted by atomic mass is 10.0. The summed E-state index contributed by atoms with van der Waals surface area (Å²) in [6.45, 7) is 5.24. The number of aromatic nitrogens is 2. The maximum Gasteiger partial charge on any atom is 0.270 e. The van der Waals surface area contributed by atoms with Gasteiger partial charge in [-0.25, -0.2) is 9.97 Å². The third-order valence-electron chi connectivity index (χ3n) is 4.63. The van der Waals surface area contributed by atoms with Crippen LogP contribution >= 0.6 is 0 Å². The van der Waals surface area contributed by atoms with Crippen LogP contribution in [-0.4, -0.2) is 48.8 Å². The first-order chi connectivity index (χ1) is 12.7. The van der Waals surface area contributed by atoms with Gasteiger partial charge in [0.05, 0.1) is 25.9 Å². The molecule has 0 radical (unpaired) electrons. The van der Waals surface area contributed by atoms with E-state index in [2.05, 4.69) is 20.2 Å². The summed E-state index contributed by atoms with van der Waals surface area (Å²) in [5.41, 5.74) is 2.17. The second-order valence-electron chi connectivity index (χ2n) is 6.49.